The van der Waals surface area contributed by atoms with Crippen LogP contribution in [-0.4, -0.2) is 5.92 Å². The van der Waals surface area contributed by atoms with E-state index in [2.05, 4.69) is 0 Å². The Balaban J connectivity index is 4.03. The summed E-state index contributed by atoms with van der Waals surface area (Å²) in [6.07, 6.45) is 1.42. The minimum atomic E-state index is -2.63. The SMILES string of the molecule is CC=C(C)C(C)(F)F. The van der Waals surface area contributed by atoms with Gasteiger partial charge in [-0.05, 0) is 19.4 Å². The highest BCUT2D eigenvalue weighted by Gasteiger charge is 2.21. The standard InChI is InChI=1S/C6H10F2/c1-4-5(2)6(3,7)8/h4H,1-3H3. The van der Waals surface area contributed by atoms with Gasteiger partial charge in [0.2, 0.25) is 0 Å². The smallest absolute Gasteiger partial charge is 0.202 e. The maximum Gasteiger partial charge on any atom is 0.266 e. The van der Waals surface area contributed by atoms with E-state index in [0.29, 0.717) is 0 Å². The van der Waals surface area contributed by atoms with Crippen LogP contribution in [0.5, 0.6) is 0 Å². The Hall–Kier alpha value is -0.400. The Morgan fingerprint density at radius 3 is 1.88 bits per heavy atom. The van der Waals surface area contributed by atoms with Crippen LogP contribution in [0.25, 0.3) is 0 Å². The second-order valence-electron chi connectivity index (χ2n) is 1.86. The molecule has 0 heterocycles. The van der Waals surface area contributed by atoms with Gasteiger partial charge in [0.25, 0.3) is 5.92 Å². The number of allylic oxidation sites excluding steroid dienone is 2. The Morgan fingerprint density at radius 2 is 1.88 bits per heavy atom. The van der Waals surface area contributed by atoms with Gasteiger partial charge in [-0.2, -0.15) is 0 Å². The normalized spacial score (nSPS) is 14.4. The van der Waals surface area contributed by atoms with Crippen LogP contribution in [0.1, 0.15) is 20.8 Å². The number of hydrogen-bond donors (Lipinski definition) is 0. The van der Waals surface area contributed by atoms with Crippen LogP contribution in [-0.2, 0) is 0 Å². The molecule has 0 aliphatic carbocycles. The largest absolute Gasteiger partial charge is 0.266 e. The van der Waals surface area contributed by atoms with Crippen molar-refractivity contribution in [2.45, 2.75) is 26.7 Å². The maximum atomic E-state index is 12.0. The predicted octanol–water partition coefficient (Wildman–Crippen LogP) is 2.61. The molecule has 8 heavy (non-hydrogen) atoms. The fourth-order valence-corrected chi connectivity index (χ4v) is 0.253. The van der Waals surface area contributed by atoms with Crippen molar-refractivity contribution in [1.29, 1.82) is 0 Å². The third kappa shape index (κ3) is 2.05. The topological polar surface area (TPSA) is 0 Å². The first-order valence-corrected chi connectivity index (χ1v) is 2.49. The molecule has 0 rings (SSSR count). The molecule has 2 heteroatoms. The van der Waals surface area contributed by atoms with Crippen LogP contribution in [0.2, 0.25) is 0 Å². The summed E-state index contributed by atoms with van der Waals surface area (Å²) in [5.41, 5.74) is 0.123. The molecule has 0 aromatic rings. The summed E-state index contributed by atoms with van der Waals surface area (Å²) in [4.78, 5) is 0. The lowest BCUT2D eigenvalue weighted by Gasteiger charge is -2.08. The second-order valence-corrected chi connectivity index (χ2v) is 1.86. The van der Waals surface area contributed by atoms with Crippen molar-refractivity contribution in [3.63, 3.8) is 0 Å². The average Bonchev–Trinajstić information content (AvgIpc) is 1.62. The van der Waals surface area contributed by atoms with Crippen molar-refractivity contribution in [1.82, 2.24) is 0 Å². The Labute approximate surface area is 48.2 Å². The molecule has 0 aliphatic rings. The fraction of sp³-hybridized carbons (Fsp3) is 0.667. The van der Waals surface area contributed by atoms with E-state index in [4.69, 9.17) is 0 Å². The maximum absolute atomic E-state index is 12.0. The highest BCUT2D eigenvalue weighted by molar-refractivity contribution is 5.05. The lowest BCUT2D eigenvalue weighted by molar-refractivity contribution is 0.0633. The van der Waals surface area contributed by atoms with Crippen LogP contribution < -0.4 is 0 Å². The molecule has 0 nitrogen and oxygen atoms in total. The van der Waals surface area contributed by atoms with Crippen LogP contribution in [0, 0.1) is 0 Å². The second kappa shape index (κ2) is 2.25. The van der Waals surface area contributed by atoms with Gasteiger partial charge in [-0.1, -0.05) is 6.08 Å². The Kier molecular flexibility index (Phi) is 2.13. The van der Waals surface area contributed by atoms with E-state index in [-0.39, 0.29) is 5.57 Å². The number of rotatable bonds is 1. The lowest BCUT2D eigenvalue weighted by Crippen LogP contribution is -2.10. The first kappa shape index (κ1) is 7.60. The summed E-state index contributed by atoms with van der Waals surface area (Å²) in [6.45, 7) is 3.91. The zero-order valence-corrected chi connectivity index (χ0v) is 5.33. The summed E-state index contributed by atoms with van der Waals surface area (Å²) in [5, 5.41) is 0. The van der Waals surface area contributed by atoms with Crippen molar-refractivity contribution < 1.29 is 8.78 Å². The Bertz CT molecular complexity index is 97.6. The van der Waals surface area contributed by atoms with Crippen molar-refractivity contribution in [2.24, 2.45) is 0 Å². The summed E-state index contributed by atoms with van der Waals surface area (Å²) in [7, 11) is 0. The van der Waals surface area contributed by atoms with E-state index in [1.165, 1.54) is 13.0 Å². The molecule has 0 fully saturated rings. The fourth-order valence-electron chi connectivity index (χ4n) is 0.253. The van der Waals surface area contributed by atoms with Crippen LogP contribution in [0.4, 0.5) is 8.78 Å². The van der Waals surface area contributed by atoms with Crippen LogP contribution in [0.3, 0.4) is 0 Å². The van der Waals surface area contributed by atoms with E-state index in [1.807, 2.05) is 0 Å². The molecular weight excluding hydrogens is 110 g/mol. The van der Waals surface area contributed by atoms with Crippen LogP contribution >= 0.6 is 0 Å². The molecule has 0 aromatic carbocycles. The van der Waals surface area contributed by atoms with Gasteiger partial charge >= 0.3 is 0 Å². The third-order valence-corrected chi connectivity index (χ3v) is 1.13. The zero-order valence-electron chi connectivity index (χ0n) is 5.33. The molecule has 0 spiro atoms. The molecule has 0 atom stereocenters. The van der Waals surface area contributed by atoms with Gasteiger partial charge in [-0.3, -0.25) is 0 Å². The summed E-state index contributed by atoms with van der Waals surface area (Å²) < 4.78 is 24.1. The van der Waals surface area contributed by atoms with Crippen molar-refractivity contribution in [3.05, 3.63) is 11.6 Å². The number of alkyl halides is 2. The Morgan fingerprint density at radius 1 is 1.50 bits per heavy atom. The first-order valence-electron chi connectivity index (χ1n) is 2.49. The van der Waals surface area contributed by atoms with Crippen molar-refractivity contribution in [2.75, 3.05) is 0 Å². The molecule has 0 aliphatic heterocycles. The molecule has 0 N–H and O–H groups in total. The third-order valence-electron chi connectivity index (χ3n) is 1.13. The summed E-state index contributed by atoms with van der Waals surface area (Å²) >= 11 is 0. The zero-order chi connectivity index (χ0) is 6.78. The van der Waals surface area contributed by atoms with Gasteiger partial charge in [-0.15, -0.1) is 0 Å². The van der Waals surface area contributed by atoms with Crippen molar-refractivity contribution in [3.8, 4) is 0 Å². The molecular formula is C6H10F2. The lowest BCUT2D eigenvalue weighted by atomic mass is 10.2. The number of halogens is 2. The summed E-state index contributed by atoms with van der Waals surface area (Å²) in [6, 6.07) is 0. The average molecular weight is 120 g/mol. The highest BCUT2D eigenvalue weighted by atomic mass is 19.3. The summed E-state index contributed by atoms with van der Waals surface area (Å²) in [5.74, 6) is -2.63. The van der Waals surface area contributed by atoms with Gasteiger partial charge in [0.15, 0.2) is 0 Å². The van der Waals surface area contributed by atoms with E-state index in [0.717, 1.165) is 6.92 Å². The first-order chi connectivity index (χ1) is 3.48. The molecule has 0 amide bonds. The number of hydrogen-bond acceptors (Lipinski definition) is 0. The molecule has 0 bridgehead atoms. The van der Waals surface area contributed by atoms with Gasteiger partial charge in [0.1, 0.15) is 0 Å². The van der Waals surface area contributed by atoms with E-state index in [1.54, 1.807) is 6.92 Å². The highest BCUT2D eigenvalue weighted by Crippen LogP contribution is 2.21. The van der Waals surface area contributed by atoms with Gasteiger partial charge < -0.3 is 0 Å². The van der Waals surface area contributed by atoms with Crippen LogP contribution in [0.15, 0.2) is 11.6 Å². The molecule has 48 valence electrons. The quantitative estimate of drug-likeness (QED) is 0.466. The van der Waals surface area contributed by atoms with E-state index < -0.39 is 5.92 Å². The van der Waals surface area contributed by atoms with Gasteiger partial charge in [-0.25, -0.2) is 8.78 Å². The van der Waals surface area contributed by atoms with Gasteiger partial charge in [0.05, 0.1) is 0 Å². The van der Waals surface area contributed by atoms with Crippen molar-refractivity contribution >= 4 is 0 Å². The minimum Gasteiger partial charge on any atom is -0.202 e. The molecule has 0 radical (unpaired) electrons. The molecule has 0 saturated carbocycles. The van der Waals surface area contributed by atoms with Gasteiger partial charge in [0, 0.05) is 6.92 Å². The molecule has 0 unspecified atom stereocenters. The predicted molar refractivity (Wildman–Crippen MR) is 30.1 cm³/mol. The van der Waals surface area contributed by atoms with E-state index in [9.17, 15) is 8.78 Å². The molecule has 0 saturated heterocycles. The monoisotopic (exact) mass is 120 g/mol. The molecule has 0 aromatic heterocycles. The minimum absolute atomic E-state index is 0.123. The van der Waals surface area contributed by atoms with E-state index >= 15 is 0 Å².